The predicted molar refractivity (Wildman–Crippen MR) is 61.4 cm³/mol. The Balaban J connectivity index is 3.00. The van der Waals surface area contributed by atoms with Gasteiger partial charge in [-0.1, -0.05) is 39.3 Å². The highest BCUT2D eigenvalue weighted by molar-refractivity contribution is 5.92. The van der Waals surface area contributed by atoms with E-state index in [-0.39, 0.29) is 11.4 Å². The maximum atomic E-state index is 11.4. The third-order valence-electron chi connectivity index (χ3n) is 2.82. The molecule has 84 valence electrons. The predicted octanol–water partition coefficient (Wildman–Crippen LogP) is 3.10. The van der Waals surface area contributed by atoms with Crippen molar-refractivity contribution in [2.24, 2.45) is 11.3 Å². The van der Waals surface area contributed by atoms with Crippen LogP contribution in [0.25, 0.3) is 0 Å². The van der Waals surface area contributed by atoms with Gasteiger partial charge in [-0.05, 0) is 23.8 Å². The second-order valence-corrected chi connectivity index (χ2v) is 5.14. The standard InChI is InChI=1S/C13H20O2/c1-9-6-7-10(12(14)15-5)8-11(9)13(2,3)4/h7-9H,6H2,1-5H3. The smallest absolute Gasteiger partial charge is 0.337 e. The zero-order valence-electron chi connectivity index (χ0n) is 10.3. The van der Waals surface area contributed by atoms with Crippen LogP contribution in [0.4, 0.5) is 0 Å². The highest BCUT2D eigenvalue weighted by atomic mass is 16.5. The fourth-order valence-corrected chi connectivity index (χ4v) is 2.02. The molecular weight excluding hydrogens is 188 g/mol. The van der Waals surface area contributed by atoms with E-state index >= 15 is 0 Å². The molecule has 2 heteroatoms. The number of hydrogen-bond donors (Lipinski definition) is 0. The van der Waals surface area contributed by atoms with E-state index in [2.05, 4.69) is 27.7 Å². The summed E-state index contributed by atoms with van der Waals surface area (Å²) in [5.41, 5.74) is 2.14. The van der Waals surface area contributed by atoms with Gasteiger partial charge in [0.05, 0.1) is 12.7 Å². The van der Waals surface area contributed by atoms with Crippen LogP contribution in [0.5, 0.6) is 0 Å². The largest absolute Gasteiger partial charge is 0.465 e. The van der Waals surface area contributed by atoms with Crippen molar-refractivity contribution in [3.05, 3.63) is 23.3 Å². The summed E-state index contributed by atoms with van der Waals surface area (Å²) < 4.78 is 4.73. The minimum atomic E-state index is -0.233. The summed E-state index contributed by atoms with van der Waals surface area (Å²) in [6.07, 6.45) is 4.87. The zero-order chi connectivity index (χ0) is 11.6. The Hall–Kier alpha value is -1.05. The number of esters is 1. The zero-order valence-corrected chi connectivity index (χ0v) is 10.3. The van der Waals surface area contributed by atoms with Gasteiger partial charge < -0.3 is 4.74 Å². The summed E-state index contributed by atoms with van der Waals surface area (Å²) in [7, 11) is 1.42. The lowest BCUT2D eigenvalue weighted by Crippen LogP contribution is -2.20. The highest BCUT2D eigenvalue weighted by Crippen LogP contribution is 2.36. The van der Waals surface area contributed by atoms with Crippen molar-refractivity contribution >= 4 is 5.97 Å². The first kappa shape index (κ1) is 12.0. The van der Waals surface area contributed by atoms with Crippen molar-refractivity contribution in [2.45, 2.75) is 34.1 Å². The second-order valence-electron chi connectivity index (χ2n) is 5.14. The van der Waals surface area contributed by atoms with Crippen molar-refractivity contribution in [3.8, 4) is 0 Å². The second kappa shape index (κ2) is 4.21. The lowest BCUT2D eigenvalue weighted by molar-refractivity contribution is -0.135. The number of carbonyl (C=O) groups is 1. The Morgan fingerprint density at radius 3 is 2.53 bits per heavy atom. The first-order chi connectivity index (χ1) is 6.86. The summed E-state index contributed by atoms with van der Waals surface area (Å²) in [6.45, 7) is 8.72. The number of carbonyl (C=O) groups excluding carboxylic acids is 1. The molecule has 1 aliphatic rings. The molecule has 15 heavy (non-hydrogen) atoms. The van der Waals surface area contributed by atoms with E-state index in [1.54, 1.807) is 0 Å². The third kappa shape index (κ3) is 2.71. The van der Waals surface area contributed by atoms with Gasteiger partial charge in [-0.3, -0.25) is 0 Å². The third-order valence-corrected chi connectivity index (χ3v) is 2.82. The van der Waals surface area contributed by atoms with E-state index in [1.165, 1.54) is 12.7 Å². The van der Waals surface area contributed by atoms with E-state index in [9.17, 15) is 4.79 Å². The van der Waals surface area contributed by atoms with Gasteiger partial charge in [0, 0.05) is 0 Å². The number of allylic oxidation sites excluding steroid dienone is 2. The Kier molecular flexibility index (Phi) is 3.38. The summed E-state index contributed by atoms with van der Waals surface area (Å²) in [4.78, 5) is 11.4. The van der Waals surface area contributed by atoms with Crippen molar-refractivity contribution < 1.29 is 9.53 Å². The molecular formula is C13H20O2. The molecule has 0 N–H and O–H groups in total. The average molecular weight is 208 g/mol. The molecule has 1 aliphatic carbocycles. The van der Waals surface area contributed by atoms with Gasteiger partial charge in [-0.2, -0.15) is 0 Å². The van der Waals surface area contributed by atoms with Crippen LogP contribution in [-0.2, 0) is 9.53 Å². The maximum absolute atomic E-state index is 11.4. The fraction of sp³-hybridized carbons (Fsp3) is 0.615. The summed E-state index contributed by atoms with van der Waals surface area (Å²) >= 11 is 0. The van der Waals surface area contributed by atoms with Crippen molar-refractivity contribution in [3.63, 3.8) is 0 Å². The van der Waals surface area contributed by atoms with Crippen LogP contribution in [0.1, 0.15) is 34.1 Å². The number of methoxy groups -OCH3 is 1. The Labute approximate surface area is 92.0 Å². The van der Waals surface area contributed by atoms with Gasteiger partial charge in [0.1, 0.15) is 0 Å². The molecule has 0 fully saturated rings. The topological polar surface area (TPSA) is 26.3 Å². The molecule has 2 nitrogen and oxygen atoms in total. The molecule has 0 spiro atoms. The van der Waals surface area contributed by atoms with E-state index in [0.717, 1.165) is 6.42 Å². The SMILES string of the molecule is COC(=O)C1=CCC(C)C(C(C)(C)C)=C1. The van der Waals surface area contributed by atoms with Crippen LogP contribution < -0.4 is 0 Å². The Bertz CT molecular complexity index is 316. The van der Waals surface area contributed by atoms with E-state index < -0.39 is 0 Å². The van der Waals surface area contributed by atoms with Crippen molar-refractivity contribution in [2.75, 3.05) is 7.11 Å². The molecule has 0 heterocycles. The summed E-state index contributed by atoms with van der Waals surface area (Å²) in [5.74, 6) is 0.280. The summed E-state index contributed by atoms with van der Waals surface area (Å²) in [5, 5.41) is 0. The Morgan fingerprint density at radius 1 is 1.47 bits per heavy atom. The van der Waals surface area contributed by atoms with Crippen LogP contribution in [-0.4, -0.2) is 13.1 Å². The van der Waals surface area contributed by atoms with Crippen LogP contribution in [0.2, 0.25) is 0 Å². The number of rotatable bonds is 1. The molecule has 0 aromatic rings. The lowest BCUT2D eigenvalue weighted by Gasteiger charge is -2.30. The van der Waals surface area contributed by atoms with E-state index in [1.807, 2.05) is 12.2 Å². The van der Waals surface area contributed by atoms with Gasteiger partial charge in [-0.25, -0.2) is 4.79 Å². The molecule has 0 saturated heterocycles. The average Bonchev–Trinajstić information content (AvgIpc) is 2.15. The van der Waals surface area contributed by atoms with E-state index in [4.69, 9.17) is 4.74 Å². The number of ether oxygens (including phenoxy) is 1. The maximum Gasteiger partial charge on any atom is 0.337 e. The molecule has 0 aliphatic heterocycles. The monoisotopic (exact) mass is 208 g/mol. The molecule has 0 saturated carbocycles. The van der Waals surface area contributed by atoms with Crippen LogP contribution >= 0.6 is 0 Å². The molecule has 0 bridgehead atoms. The van der Waals surface area contributed by atoms with Crippen LogP contribution in [0, 0.1) is 11.3 Å². The minimum Gasteiger partial charge on any atom is -0.465 e. The normalized spacial score (nSPS) is 21.8. The van der Waals surface area contributed by atoms with Gasteiger partial charge in [-0.15, -0.1) is 0 Å². The van der Waals surface area contributed by atoms with E-state index in [0.29, 0.717) is 11.5 Å². The molecule has 0 amide bonds. The van der Waals surface area contributed by atoms with Crippen LogP contribution in [0.3, 0.4) is 0 Å². The van der Waals surface area contributed by atoms with Crippen molar-refractivity contribution in [1.82, 2.24) is 0 Å². The molecule has 1 unspecified atom stereocenters. The minimum absolute atomic E-state index is 0.118. The van der Waals surface area contributed by atoms with Gasteiger partial charge in [0.25, 0.3) is 0 Å². The first-order valence-corrected chi connectivity index (χ1v) is 5.37. The fourth-order valence-electron chi connectivity index (χ4n) is 2.02. The van der Waals surface area contributed by atoms with Crippen molar-refractivity contribution in [1.29, 1.82) is 0 Å². The summed E-state index contributed by atoms with van der Waals surface area (Å²) in [6, 6.07) is 0. The molecule has 1 rings (SSSR count). The van der Waals surface area contributed by atoms with Gasteiger partial charge >= 0.3 is 5.97 Å². The first-order valence-electron chi connectivity index (χ1n) is 5.37. The molecule has 0 aromatic carbocycles. The Morgan fingerprint density at radius 2 is 2.07 bits per heavy atom. The van der Waals surface area contributed by atoms with Crippen LogP contribution in [0.15, 0.2) is 23.3 Å². The molecule has 0 aromatic heterocycles. The lowest BCUT2D eigenvalue weighted by atomic mass is 9.75. The number of hydrogen-bond acceptors (Lipinski definition) is 2. The molecule has 1 atom stereocenters. The molecule has 0 radical (unpaired) electrons. The highest BCUT2D eigenvalue weighted by Gasteiger charge is 2.26. The van der Waals surface area contributed by atoms with Gasteiger partial charge in [0.2, 0.25) is 0 Å². The quantitative estimate of drug-likeness (QED) is 0.619. The van der Waals surface area contributed by atoms with Gasteiger partial charge in [0.15, 0.2) is 0 Å².